The number of rotatable bonds is 45. The zero-order valence-electron chi connectivity index (χ0n) is 49.0. The lowest BCUT2D eigenvalue weighted by molar-refractivity contribution is -0.379. The van der Waals surface area contributed by atoms with Crippen LogP contribution in [-0.4, -0.2) is 193 Å². The molecular weight excluding hydrogens is 1050 g/mol. The molecule has 0 radical (unpaired) electrons. The van der Waals surface area contributed by atoms with Gasteiger partial charge >= 0.3 is 0 Å². The molecule has 0 bridgehead atoms. The van der Waals surface area contributed by atoms with Gasteiger partial charge in [-0.25, -0.2) is 0 Å². The molecule has 470 valence electrons. The number of allylic oxidation sites excluding steroid dienone is 9. The number of ether oxygens (including phenoxy) is 6. The first-order valence-corrected chi connectivity index (χ1v) is 31.0. The molecule has 19 nitrogen and oxygen atoms in total. The summed E-state index contributed by atoms with van der Waals surface area (Å²) < 4.78 is 34.2. The molecule has 0 aliphatic carbocycles. The van der Waals surface area contributed by atoms with Gasteiger partial charge in [0.2, 0.25) is 5.91 Å². The van der Waals surface area contributed by atoms with Crippen LogP contribution in [0.5, 0.6) is 0 Å². The predicted octanol–water partition coefficient (Wildman–Crippen LogP) is 6.04. The first kappa shape index (κ1) is 72.7. The van der Waals surface area contributed by atoms with E-state index in [0.29, 0.717) is 12.8 Å². The number of carbonyl (C=O) groups is 1. The third-order valence-electron chi connectivity index (χ3n) is 15.3. The summed E-state index contributed by atoms with van der Waals surface area (Å²) in [6.07, 6.45) is 25.2. The van der Waals surface area contributed by atoms with Gasteiger partial charge in [-0.3, -0.25) is 4.79 Å². The van der Waals surface area contributed by atoms with Gasteiger partial charge in [0.25, 0.3) is 0 Å². The Balaban J connectivity index is 1.49. The second-order valence-electron chi connectivity index (χ2n) is 22.1. The van der Waals surface area contributed by atoms with Crippen LogP contribution in [0.1, 0.15) is 194 Å². The second kappa shape index (κ2) is 44.9. The van der Waals surface area contributed by atoms with E-state index >= 15 is 0 Å². The Morgan fingerprint density at radius 2 is 0.852 bits per heavy atom. The second-order valence-corrected chi connectivity index (χ2v) is 22.1. The Morgan fingerprint density at radius 3 is 1.31 bits per heavy atom. The van der Waals surface area contributed by atoms with Crippen molar-refractivity contribution in [3.63, 3.8) is 0 Å². The lowest BCUT2D eigenvalue weighted by Crippen LogP contribution is -2.66. The van der Waals surface area contributed by atoms with Crippen molar-refractivity contribution in [3.05, 3.63) is 60.8 Å². The first-order valence-electron chi connectivity index (χ1n) is 31.0. The number of hydrogen-bond donors (Lipinski definition) is 12. The molecule has 3 fully saturated rings. The van der Waals surface area contributed by atoms with Gasteiger partial charge in [0, 0.05) is 6.42 Å². The van der Waals surface area contributed by atoms with Gasteiger partial charge in [-0.15, -0.1) is 0 Å². The molecule has 3 heterocycles. The van der Waals surface area contributed by atoms with Crippen molar-refractivity contribution >= 4 is 5.91 Å². The van der Waals surface area contributed by atoms with E-state index < -0.39 is 124 Å². The molecule has 17 atom stereocenters. The largest absolute Gasteiger partial charge is 0.394 e. The Bertz CT molecular complexity index is 1710. The molecule has 0 spiro atoms. The zero-order chi connectivity index (χ0) is 59.0. The molecule has 3 rings (SSSR count). The SMILES string of the molecule is CC/C=C\C/C=C\C/C=C\C/C=C\CCC(=O)NC(COC1OC(CO)C(OC2OC(CO)C(OC3OC(CO)C(O)C(O)C3O)C(O)C2O)C(O)C1O)C(O)/C=C/CCCCCCCCCCCCCCCCCCCCCCC. The number of unbranched alkanes of at least 4 members (excludes halogenated alkanes) is 21. The topological polar surface area (TPSA) is 307 Å². The van der Waals surface area contributed by atoms with Gasteiger partial charge in [0.15, 0.2) is 18.9 Å². The average molecular weight is 1160 g/mol. The van der Waals surface area contributed by atoms with E-state index in [0.717, 1.165) is 44.9 Å². The van der Waals surface area contributed by atoms with E-state index in [-0.39, 0.29) is 18.9 Å². The third kappa shape index (κ3) is 28.5. The van der Waals surface area contributed by atoms with Crippen molar-refractivity contribution in [3.8, 4) is 0 Å². The van der Waals surface area contributed by atoms with E-state index in [1.54, 1.807) is 6.08 Å². The smallest absolute Gasteiger partial charge is 0.220 e. The first-order chi connectivity index (χ1) is 39.3. The monoisotopic (exact) mass is 1160 g/mol. The summed E-state index contributed by atoms with van der Waals surface area (Å²) in [7, 11) is 0. The summed E-state index contributed by atoms with van der Waals surface area (Å²) in [5.41, 5.74) is 0. The Morgan fingerprint density at radius 1 is 0.457 bits per heavy atom. The van der Waals surface area contributed by atoms with Crippen LogP contribution in [0, 0.1) is 0 Å². The number of aliphatic hydroxyl groups is 11. The third-order valence-corrected chi connectivity index (χ3v) is 15.3. The van der Waals surface area contributed by atoms with Crippen molar-refractivity contribution in [1.29, 1.82) is 0 Å². The molecule has 3 aliphatic rings. The maximum Gasteiger partial charge on any atom is 0.220 e. The molecule has 3 aliphatic heterocycles. The minimum atomic E-state index is -1.99. The highest BCUT2D eigenvalue weighted by Crippen LogP contribution is 2.33. The number of aliphatic hydroxyl groups excluding tert-OH is 11. The molecular formula is C62H109NO18. The molecule has 19 heteroatoms. The molecule has 0 aromatic carbocycles. The fraction of sp³-hybridized carbons (Fsp3) is 0.823. The molecule has 81 heavy (non-hydrogen) atoms. The van der Waals surface area contributed by atoms with Gasteiger partial charge in [-0.2, -0.15) is 0 Å². The van der Waals surface area contributed by atoms with E-state index in [1.165, 1.54) is 116 Å². The normalized spacial score (nSPS) is 30.2. The molecule has 0 aromatic rings. The van der Waals surface area contributed by atoms with Crippen LogP contribution in [0.15, 0.2) is 60.8 Å². The Labute approximate surface area is 484 Å². The summed E-state index contributed by atoms with van der Waals surface area (Å²) in [4.78, 5) is 13.3. The van der Waals surface area contributed by atoms with Crippen LogP contribution in [-0.2, 0) is 33.2 Å². The van der Waals surface area contributed by atoms with Crippen molar-refractivity contribution in [2.24, 2.45) is 0 Å². The molecule has 3 saturated heterocycles. The Kier molecular flexibility index (Phi) is 40.3. The summed E-state index contributed by atoms with van der Waals surface area (Å²) >= 11 is 0. The van der Waals surface area contributed by atoms with Crippen molar-refractivity contribution < 1.29 is 89.4 Å². The van der Waals surface area contributed by atoms with Gasteiger partial charge in [0.1, 0.15) is 73.2 Å². The quantitative estimate of drug-likeness (QED) is 0.0244. The molecule has 12 N–H and O–H groups in total. The van der Waals surface area contributed by atoms with Crippen molar-refractivity contribution in [2.75, 3.05) is 26.4 Å². The van der Waals surface area contributed by atoms with Crippen LogP contribution in [0.3, 0.4) is 0 Å². The van der Waals surface area contributed by atoms with Gasteiger partial charge in [-0.05, 0) is 44.9 Å². The average Bonchev–Trinajstić information content (AvgIpc) is 3.51. The highest BCUT2D eigenvalue weighted by molar-refractivity contribution is 5.76. The van der Waals surface area contributed by atoms with E-state index in [9.17, 15) is 61.0 Å². The maximum absolute atomic E-state index is 13.3. The summed E-state index contributed by atoms with van der Waals surface area (Å²) in [6, 6.07) is -1.01. The van der Waals surface area contributed by atoms with Crippen LogP contribution in [0.25, 0.3) is 0 Å². The van der Waals surface area contributed by atoms with Gasteiger partial charge in [0.05, 0.1) is 38.6 Å². The predicted molar refractivity (Wildman–Crippen MR) is 309 cm³/mol. The minimum Gasteiger partial charge on any atom is -0.394 e. The summed E-state index contributed by atoms with van der Waals surface area (Å²) in [5.74, 6) is -0.357. The minimum absolute atomic E-state index is 0.120. The highest BCUT2D eigenvalue weighted by Gasteiger charge is 2.53. The van der Waals surface area contributed by atoms with Crippen LogP contribution in [0.4, 0.5) is 0 Å². The molecule has 0 saturated carbocycles. The standard InChI is InChI=1S/C62H109NO18/c1-3-5-7-9-11-13-15-17-18-19-20-21-22-23-24-25-26-28-29-31-33-35-37-39-46(67)45(63-50(68)40-38-36-34-32-30-27-16-14-12-10-8-6-4-2)44-76-60-56(74)53(71)58(48(42-65)78-60)81-62-57(75)54(72)59(49(43-66)79-62)80-61-55(73)52(70)51(69)47(41-64)77-61/h6,8,12,14,27,30,34,36-37,39,45-49,51-62,64-67,69-75H,3-5,7,9-11,13,15-26,28-29,31-33,35,38,40-44H2,1-2H3,(H,63,68)/b8-6-,14-12-,30-27-,36-34-,39-37+. The number of hydrogen-bond acceptors (Lipinski definition) is 18. The van der Waals surface area contributed by atoms with Gasteiger partial charge < -0.3 is 89.9 Å². The van der Waals surface area contributed by atoms with Crippen LogP contribution >= 0.6 is 0 Å². The fourth-order valence-electron chi connectivity index (χ4n) is 10.3. The van der Waals surface area contributed by atoms with E-state index in [1.807, 2.05) is 18.2 Å². The maximum atomic E-state index is 13.3. The van der Waals surface area contributed by atoms with E-state index in [2.05, 4.69) is 55.6 Å². The molecule has 1 amide bonds. The van der Waals surface area contributed by atoms with Gasteiger partial charge in [-0.1, -0.05) is 203 Å². The summed E-state index contributed by atoms with van der Waals surface area (Å²) in [5, 5.41) is 120. The Hall–Kier alpha value is -2.51. The lowest BCUT2D eigenvalue weighted by Gasteiger charge is -2.48. The van der Waals surface area contributed by atoms with E-state index in [4.69, 9.17) is 28.4 Å². The van der Waals surface area contributed by atoms with Crippen LogP contribution in [0.2, 0.25) is 0 Å². The fourth-order valence-corrected chi connectivity index (χ4v) is 10.3. The van der Waals surface area contributed by atoms with Crippen LogP contribution < -0.4 is 5.32 Å². The highest BCUT2D eigenvalue weighted by atomic mass is 16.8. The zero-order valence-corrected chi connectivity index (χ0v) is 49.0. The lowest BCUT2D eigenvalue weighted by atomic mass is 9.96. The number of nitrogens with one attached hydrogen (secondary N) is 1. The number of carbonyl (C=O) groups excluding carboxylic acids is 1. The molecule has 0 aromatic heterocycles. The van der Waals surface area contributed by atoms with Crippen molar-refractivity contribution in [1.82, 2.24) is 5.32 Å². The van der Waals surface area contributed by atoms with Crippen molar-refractivity contribution in [2.45, 2.75) is 298 Å². The summed E-state index contributed by atoms with van der Waals surface area (Å²) in [6.45, 7) is 1.55. The molecule has 17 unspecified atom stereocenters. The number of amides is 1.